The van der Waals surface area contributed by atoms with Crippen molar-refractivity contribution in [1.29, 1.82) is 0 Å². The topological polar surface area (TPSA) is 91.6 Å². The quantitative estimate of drug-likeness (QED) is 0.603. The first-order chi connectivity index (χ1) is 15.0. The number of carbonyl (C=O) groups excluding carboxylic acids is 2. The number of benzene rings is 1. The van der Waals surface area contributed by atoms with Gasteiger partial charge < -0.3 is 14.7 Å². The highest BCUT2D eigenvalue weighted by Crippen LogP contribution is 2.21. The first-order valence-corrected chi connectivity index (χ1v) is 11.3. The molecule has 9 heteroatoms. The molecule has 164 valence electrons. The molecule has 1 fully saturated rings. The Morgan fingerprint density at radius 2 is 1.94 bits per heavy atom. The van der Waals surface area contributed by atoms with Crippen LogP contribution in [-0.2, 0) is 22.4 Å². The third kappa shape index (κ3) is 5.29. The van der Waals surface area contributed by atoms with Crippen LogP contribution in [-0.4, -0.2) is 71.0 Å². The summed E-state index contributed by atoms with van der Waals surface area (Å²) in [5.41, 5.74) is 2.66. The van der Waals surface area contributed by atoms with E-state index in [9.17, 15) is 9.59 Å². The van der Waals surface area contributed by atoms with Crippen molar-refractivity contribution >= 4 is 33.4 Å². The van der Waals surface area contributed by atoms with E-state index in [0.717, 1.165) is 28.2 Å². The van der Waals surface area contributed by atoms with Crippen molar-refractivity contribution in [1.82, 2.24) is 25.3 Å². The highest BCUT2D eigenvalue weighted by molar-refractivity contribution is 7.18. The largest absolute Gasteiger partial charge is 0.361 e. The Balaban J connectivity index is 1.17. The summed E-state index contributed by atoms with van der Waals surface area (Å²) >= 11 is 1.67. The first kappa shape index (κ1) is 21.5. The van der Waals surface area contributed by atoms with Crippen molar-refractivity contribution in [2.75, 3.05) is 39.3 Å². The van der Waals surface area contributed by atoms with Gasteiger partial charge in [-0.05, 0) is 26.0 Å². The Bertz CT molecular complexity index is 1020. The van der Waals surface area contributed by atoms with Crippen LogP contribution < -0.4 is 5.32 Å². The lowest BCUT2D eigenvalue weighted by Crippen LogP contribution is -2.51. The molecule has 2 amide bonds. The summed E-state index contributed by atoms with van der Waals surface area (Å²) in [6.07, 6.45) is 1.04. The van der Waals surface area contributed by atoms with Crippen LogP contribution in [0.1, 0.15) is 22.0 Å². The zero-order valence-electron chi connectivity index (χ0n) is 17.9. The number of aromatic nitrogens is 2. The molecule has 1 aliphatic rings. The maximum atomic E-state index is 12.6. The molecule has 31 heavy (non-hydrogen) atoms. The van der Waals surface area contributed by atoms with Gasteiger partial charge in [-0.15, -0.1) is 11.3 Å². The fourth-order valence-electron chi connectivity index (χ4n) is 3.77. The number of hydrogen-bond donors (Lipinski definition) is 1. The van der Waals surface area contributed by atoms with Gasteiger partial charge >= 0.3 is 0 Å². The summed E-state index contributed by atoms with van der Waals surface area (Å²) in [6.45, 7) is 7.25. The Hall–Kier alpha value is -2.78. The van der Waals surface area contributed by atoms with Gasteiger partial charge in [0.1, 0.15) is 5.76 Å². The van der Waals surface area contributed by atoms with Crippen LogP contribution in [0.15, 0.2) is 28.8 Å². The van der Waals surface area contributed by atoms with Gasteiger partial charge in [0.15, 0.2) is 0 Å². The van der Waals surface area contributed by atoms with Crippen LogP contribution in [0.2, 0.25) is 0 Å². The first-order valence-electron chi connectivity index (χ1n) is 10.5. The molecular formula is C22H27N5O3S. The zero-order valence-corrected chi connectivity index (χ0v) is 18.7. The molecule has 1 saturated heterocycles. The van der Waals surface area contributed by atoms with Gasteiger partial charge in [0, 0.05) is 44.7 Å². The van der Waals surface area contributed by atoms with Crippen LogP contribution in [0.5, 0.6) is 0 Å². The lowest BCUT2D eigenvalue weighted by Gasteiger charge is -2.34. The van der Waals surface area contributed by atoms with Gasteiger partial charge in [-0.25, -0.2) is 4.98 Å². The number of thiazole rings is 1. The van der Waals surface area contributed by atoms with Gasteiger partial charge in [0.2, 0.25) is 11.8 Å². The molecule has 0 atom stereocenters. The molecule has 0 spiro atoms. The van der Waals surface area contributed by atoms with Crippen molar-refractivity contribution in [3.63, 3.8) is 0 Å². The number of para-hydroxylation sites is 1. The zero-order chi connectivity index (χ0) is 21.8. The molecule has 0 aliphatic carbocycles. The molecule has 0 bridgehead atoms. The van der Waals surface area contributed by atoms with Crippen LogP contribution in [0.3, 0.4) is 0 Å². The van der Waals surface area contributed by atoms with Gasteiger partial charge in [0.25, 0.3) is 0 Å². The molecule has 3 aromatic rings. The Morgan fingerprint density at radius 1 is 1.16 bits per heavy atom. The van der Waals surface area contributed by atoms with E-state index >= 15 is 0 Å². The molecule has 3 heterocycles. The minimum absolute atomic E-state index is 0.0107. The van der Waals surface area contributed by atoms with Crippen molar-refractivity contribution in [2.24, 2.45) is 0 Å². The molecule has 1 N–H and O–H groups in total. The lowest BCUT2D eigenvalue weighted by atomic mass is 10.1. The predicted octanol–water partition coefficient (Wildman–Crippen LogP) is 1.95. The monoisotopic (exact) mass is 441 g/mol. The van der Waals surface area contributed by atoms with Gasteiger partial charge in [-0.3, -0.25) is 14.5 Å². The number of hydrogen-bond acceptors (Lipinski definition) is 7. The van der Waals surface area contributed by atoms with E-state index in [1.54, 1.807) is 11.3 Å². The average Bonchev–Trinajstić information content (AvgIpc) is 3.32. The van der Waals surface area contributed by atoms with Gasteiger partial charge in [-0.1, -0.05) is 17.3 Å². The molecule has 2 aromatic heterocycles. The van der Waals surface area contributed by atoms with E-state index in [1.165, 1.54) is 4.70 Å². The maximum absolute atomic E-state index is 12.6. The molecule has 0 saturated carbocycles. The maximum Gasteiger partial charge on any atom is 0.234 e. The number of carbonyl (C=O) groups is 2. The summed E-state index contributed by atoms with van der Waals surface area (Å²) in [5.74, 6) is 0.790. The summed E-state index contributed by atoms with van der Waals surface area (Å²) in [6, 6.07) is 8.06. The highest BCUT2D eigenvalue weighted by Gasteiger charge is 2.24. The summed E-state index contributed by atoms with van der Waals surface area (Å²) in [5, 5.41) is 7.93. The molecule has 0 unspecified atom stereocenters. The second-order valence-corrected chi connectivity index (χ2v) is 8.93. The standard InChI is InChI=1S/C22H27N5O3S/c1-15-17(16(2)30-25-15)13-22(29)27-11-9-26(10-12-27)14-20(28)23-8-7-21-24-18-5-3-4-6-19(18)31-21/h3-6H,7-14H2,1-2H3,(H,23,28). The van der Waals surface area contributed by atoms with Gasteiger partial charge in [-0.2, -0.15) is 0 Å². The third-order valence-corrected chi connectivity index (χ3v) is 6.70. The van der Waals surface area contributed by atoms with E-state index < -0.39 is 0 Å². The van der Waals surface area contributed by atoms with Crippen LogP contribution >= 0.6 is 11.3 Å². The van der Waals surface area contributed by atoms with E-state index in [1.807, 2.05) is 36.9 Å². The second kappa shape index (κ2) is 9.57. The lowest BCUT2D eigenvalue weighted by molar-refractivity contribution is -0.132. The molecular weight excluding hydrogens is 414 g/mol. The smallest absolute Gasteiger partial charge is 0.234 e. The van der Waals surface area contributed by atoms with Crippen molar-refractivity contribution < 1.29 is 14.1 Å². The Labute approximate surface area is 185 Å². The molecule has 1 aromatic carbocycles. The normalized spacial score (nSPS) is 14.8. The van der Waals surface area contributed by atoms with Crippen molar-refractivity contribution in [3.8, 4) is 0 Å². The predicted molar refractivity (Wildman–Crippen MR) is 119 cm³/mol. The Morgan fingerprint density at radius 3 is 2.65 bits per heavy atom. The van der Waals surface area contributed by atoms with Crippen molar-refractivity contribution in [3.05, 3.63) is 46.3 Å². The fourth-order valence-corrected chi connectivity index (χ4v) is 4.73. The number of nitrogens with zero attached hydrogens (tertiary/aromatic N) is 4. The van der Waals surface area contributed by atoms with Crippen LogP contribution in [0.25, 0.3) is 10.2 Å². The van der Waals surface area contributed by atoms with E-state index in [4.69, 9.17) is 4.52 Å². The summed E-state index contributed by atoms with van der Waals surface area (Å²) in [4.78, 5) is 33.4. The second-order valence-electron chi connectivity index (χ2n) is 7.81. The molecule has 4 rings (SSSR count). The van der Waals surface area contributed by atoms with E-state index in [2.05, 4.69) is 26.4 Å². The SMILES string of the molecule is Cc1noc(C)c1CC(=O)N1CCN(CC(=O)NCCc2nc3ccccc3s2)CC1. The number of fused-ring (bicyclic) bond motifs is 1. The Kier molecular flexibility index (Phi) is 6.62. The summed E-state index contributed by atoms with van der Waals surface area (Å²) < 4.78 is 6.32. The number of piperazine rings is 1. The molecule has 0 radical (unpaired) electrons. The third-order valence-electron chi connectivity index (χ3n) is 5.60. The number of nitrogens with one attached hydrogen (secondary N) is 1. The van der Waals surface area contributed by atoms with Crippen LogP contribution in [0, 0.1) is 13.8 Å². The van der Waals surface area contributed by atoms with E-state index in [-0.39, 0.29) is 11.8 Å². The number of aryl methyl sites for hydroxylation is 2. The van der Waals surface area contributed by atoms with Crippen molar-refractivity contribution in [2.45, 2.75) is 26.7 Å². The molecule has 8 nitrogen and oxygen atoms in total. The fraction of sp³-hybridized carbons (Fsp3) is 0.455. The number of amides is 2. The average molecular weight is 442 g/mol. The molecule has 1 aliphatic heterocycles. The van der Waals surface area contributed by atoms with E-state index in [0.29, 0.717) is 51.4 Å². The summed E-state index contributed by atoms with van der Waals surface area (Å²) in [7, 11) is 0. The minimum atomic E-state index is 0.0107. The minimum Gasteiger partial charge on any atom is -0.361 e. The number of rotatable bonds is 7. The van der Waals surface area contributed by atoms with Gasteiger partial charge in [0.05, 0.1) is 33.9 Å². The van der Waals surface area contributed by atoms with Crippen LogP contribution in [0.4, 0.5) is 0 Å². The highest BCUT2D eigenvalue weighted by atomic mass is 32.1.